The van der Waals surface area contributed by atoms with Gasteiger partial charge in [0.25, 0.3) is 0 Å². The van der Waals surface area contributed by atoms with Crippen molar-refractivity contribution >= 4 is 40.0 Å². The van der Waals surface area contributed by atoms with Crippen molar-refractivity contribution in [3.63, 3.8) is 0 Å². The molecule has 2 heterocycles. The number of aryl methyl sites for hydroxylation is 1. The van der Waals surface area contributed by atoms with E-state index in [-0.39, 0.29) is 5.96 Å². The molecule has 33 heavy (non-hydrogen) atoms. The molecule has 4 rings (SSSR count). The lowest BCUT2D eigenvalue weighted by atomic mass is 10.0. The summed E-state index contributed by atoms with van der Waals surface area (Å²) in [6.07, 6.45) is 4.85. The van der Waals surface area contributed by atoms with Crippen molar-refractivity contribution in [1.82, 2.24) is 15.3 Å². The summed E-state index contributed by atoms with van der Waals surface area (Å²) in [6.45, 7) is 4.79. The van der Waals surface area contributed by atoms with Gasteiger partial charge in [-0.25, -0.2) is 9.97 Å². The van der Waals surface area contributed by atoms with Crippen molar-refractivity contribution in [2.75, 3.05) is 32.1 Å². The van der Waals surface area contributed by atoms with E-state index in [2.05, 4.69) is 25.6 Å². The summed E-state index contributed by atoms with van der Waals surface area (Å²) in [7, 11) is 1.61. The van der Waals surface area contributed by atoms with Gasteiger partial charge < -0.3 is 25.8 Å². The molecular weight excluding hydrogens is 440 g/mol. The minimum absolute atomic E-state index is 0.173. The molecule has 0 spiro atoms. The topological polar surface area (TPSA) is 107 Å². The summed E-state index contributed by atoms with van der Waals surface area (Å²) in [5, 5.41) is 7.74. The second-order valence-electron chi connectivity index (χ2n) is 8.12. The molecule has 0 bridgehead atoms. The summed E-state index contributed by atoms with van der Waals surface area (Å²) >= 11 is 6.29. The Labute approximate surface area is 198 Å². The molecule has 1 aliphatic rings. The molecule has 9 heteroatoms. The first kappa shape index (κ1) is 23.1. The lowest BCUT2D eigenvalue weighted by molar-refractivity contribution is 0.278. The van der Waals surface area contributed by atoms with E-state index in [1.807, 2.05) is 31.2 Å². The maximum atomic E-state index is 6.29. The van der Waals surface area contributed by atoms with Crippen LogP contribution >= 0.6 is 11.6 Å². The van der Waals surface area contributed by atoms with Gasteiger partial charge in [0.05, 0.1) is 29.9 Å². The van der Waals surface area contributed by atoms with Crippen LogP contribution in [-0.4, -0.2) is 42.7 Å². The second kappa shape index (κ2) is 10.7. The zero-order valence-corrected chi connectivity index (χ0v) is 19.7. The van der Waals surface area contributed by atoms with E-state index in [0.717, 1.165) is 37.4 Å². The number of methoxy groups -OCH3 is 1. The number of guanidine groups is 1. The van der Waals surface area contributed by atoms with E-state index in [1.54, 1.807) is 13.2 Å². The molecule has 2 aromatic carbocycles. The Balaban J connectivity index is 1.52. The van der Waals surface area contributed by atoms with Crippen LogP contribution in [0, 0.1) is 12.8 Å². The Morgan fingerprint density at radius 1 is 1.30 bits per heavy atom. The fourth-order valence-electron chi connectivity index (χ4n) is 3.99. The Bertz CT molecular complexity index is 1130. The minimum Gasteiger partial charge on any atom is -0.493 e. The van der Waals surface area contributed by atoms with Crippen LogP contribution in [0.15, 0.2) is 41.7 Å². The largest absolute Gasteiger partial charge is 0.493 e. The normalized spacial score (nSPS) is 16.2. The maximum Gasteiger partial charge on any atom is 0.199 e. The molecule has 0 saturated carbocycles. The number of anilines is 1. The Morgan fingerprint density at radius 3 is 2.94 bits per heavy atom. The molecule has 0 radical (unpaired) electrons. The van der Waals surface area contributed by atoms with Gasteiger partial charge in [0.15, 0.2) is 23.3 Å². The van der Waals surface area contributed by atoms with Crippen LogP contribution in [0.25, 0.3) is 10.9 Å². The van der Waals surface area contributed by atoms with Crippen LogP contribution < -0.4 is 25.8 Å². The highest BCUT2D eigenvalue weighted by atomic mass is 35.5. The van der Waals surface area contributed by atoms with E-state index in [4.69, 9.17) is 26.8 Å². The molecule has 0 aliphatic carbocycles. The maximum absolute atomic E-state index is 6.29. The SMILES string of the molecule is COc1cc2c(N=C(N)Nc3c(C)cccc3Cl)ncnc2cc1OCCCC1CCNC1. The first-order valence-corrected chi connectivity index (χ1v) is 11.5. The van der Waals surface area contributed by atoms with E-state index in [9.17, 15) is 0 Å². The second-order valence-corrected chi connectivity index (χ2v) is 8.53. The van der Waals surface area contributed by atoms with Gasteiger partial charge in [0.1, 0.15) is 6.33 Å². The number of nitrogens with zero attached hydrogens (tertiary/aromatic N) is 3. The molecule has 174 valence electrons. The molecule has 4 N–H and O–H groups in total. The first-order chi connectivity index (χ1) is 16.0. The first-order valence-electron chi connectivity index (χ1n) is 11.1. The molecular formula is C24H29ClN6O2. The van der Waals surface area contributed by atoms with Gasteiger partial charge in [0.2, 0.25) is 0 Å². The third-order valence-electron chi connectivity index (χ3n) is 5.78. The number of ether oxygens (including phenoxy) is 2. The fourth-order valence-corrected chi connectivity index (χ4v) is 4.26. The quantitative estimate of drug-likeness (QED) is 0.255. The standard InChI is InChI=1S/C24H29ClN6O2/c1-15-5-3-7-18(25)22(15)30-24(26)31-23-17-11-20(32-2)21(12-19(17)28-14-29-23)33-10-4-6-16-8-9-27-13-16/h3,5,7,11-12,14,16,27H,4,6,8-10,13H2,1-2H3,(H3,26,28,29,30,31). The molecule has 1 fully saturated rings. The smallest absolute Gasteiger partial charge is 0.199 e. The highest BCUT2D eigenvalue weighted by molar-refractivity contribution is 6.34. The van der Waals surface area contributed by atoms with Crippen LogP contribution in [-0.2, 0) is 0 Å². The lowest BCUT2D eigenvalue weighted by Crippen LogP contribution is -2.22. The fraction of sp³-hybridized carbons (Fsp3) is 0.375. The average molecular weight is 469 g/mol. The van der Waals surface area contributed by atoms with Crippen LogP contribution in [0.2, 0.25) is 5.02 Å². The molecule has 8 nitrogen and oxygen atoms in total. The van der Waals surface area contributed by atoms with E-state index >= 15 is 0 Å². The van der Waals surface area contributed by atoms with E-state index in [1.165, 1.54) is 12.7 Å². The van der Waals surface area contributed by atoms with Crippen LogP contribution in [0.1, 0.15) is 24.8 Å². The number of halogens is 1. The number of benzene rings is 2. The van der Waals surface area contributed by atoms with Crippen molar-refractivity contribution < 1.29 is 9.47 Å². The number of hydrogen-bond acceptors (Lipinski definition) is 6. The number of fused-ring (bicyclic) bond motifs is 1. The van der Waals surface area contributed by atoms with Crippen LogP contribution in [0.3, 0.4) is 0 Å². The van der Waals surface area contributed by atoms with Crippen molar-refractivity contribution in [3.8, 4) is 11.5 Å². The molecule has 1 saturated heterocycles. The molecule has 0 amide bonds. The summed E-state index contributed by atoms with van der Waals surface area (Å²) in [5.41, 5.74) is 8.52. The van der Waals surface area contributed by atoms with Gasteiger partial charge in [-0.05, 0) is 62.9 Å². The van der Waals surface area contributed by atoms with Crippen LogP contribution in [0.4, 0.5) is 11.5 Å². The third-order valence-corrected chi connectivity index (χ3v) is 6.09. The van der Waals surface area contributed by atoms with Gasteiger partial charge in [0, 0.05) is 11.5 Å². The minimum atomic E-state index is 0.173. The highest BCUT2D eigenvalue weighted by Gasteiger charge is 2.15. The van der Waals surface area contributed by atoms with Gasteiger partial charge >= 0.3 is 0 Å². The van der Waals surface area contributed by atoms with Gasteiger partial charge in [-0.3, -0.25) is 0 Å². The van der Waals surface area contributed by atoms with E-state index < -0.39 is 0 Å². The highest BCUT2D eigenvalue weighted by Crippen LogP contribution is 2.35. The molecule has 1 atom stereocenters. The summed E-state index contributed by atoms with van der Waals surface area (Å²) in [5.74, 6) is 2.60. The Kier molecular flexibility index (Phi) is 7.47. The number of aliphatic imine (C=N–C) groups is 1. The van der Waals surface area contributed by atoms with Gasteiger partial charge in [-0.1, -0.05) is 23.7 Å². The number of nitrogens with one attached hydrogen (secondary N) is 2. The lowest BCUT2D eigenvalue weighted by Gasteiger charge is -2.14. The summed E-state index contributed by atoms with van der Waals surface area (Å²) in [4.78, 5) is 13.1. The van der Waals surface area contributed by atoms with Crippen LogP contribution in [0.5, 0.6) is 11.5 Å². The summed E-state index contributed by atoms with van der Waals surface area (Å²) in [6, 6.07) is 9.30. The van der Waals surface area contributed by atoms with Gasteiger partial charge in [-0.2, -0.15) is 4.99 Å². The van der Waals surface area contributed by atoms with E-state index in [0.29, 0.717) is 45.5 Å². The molecule has 1 aliphatic heterocycles. The molecule has 3 aromatic rings. The average Bonchev–Trinajstić information content (AvgIpc) is 3.32. The Morgan fingerprint density at radius 2 is 2.18 bits per heavy atom. The van der Waals surface area contributed by atoms with Crippen molar-refractivity contribution in [2.45, 2.75) is 26.2 Å². The predicted octanol–water partition coefficient (Wildman–Crippen LogP) is 4.43. The molecule has 1 aromatic heterocycles. The number of rotatable bonds is 8. The number of hydrogen-bond donors (Lipinski definition) is 3. The third kappa shape index (κ3) is 5.64. The van der Waals surface area contributed by atoms with Gasteiger partial charge in [-0.15, -0.1) is 0 Å². The zero-order chi connectivity index (χ0) is 23.2. The monoisotopic (exact) mass is 468 g/mol. The number of para-hydroxylation sites is 1. The van der Waals surface area contributed by atoms with Crippen molar-refractivity contribution in [3.05, 3.63) is 47.2 Å². The number of nitrogens with two attached hydrogens (primary N) is 1. The van der Waals surface area contributed by atoms with Crippen molar-refractivity contribution in [2.24, 2.45) is 16.6 Å². The molecule has 1 unspecified atom stereocenters. The zero-order valence-electron chi connectivity index (χ0n) is 18.9. The summed E-state index contributed by atoms with van der Waals surface area (Å²) < 4.78 is 11.6. The van der Waals surface area contributed by atoms with Crippen molar-refractivity contribution in [1.29, 1.82) is 0 Å². The Hall–Kier alpha value is -3.10. The number of aromatic nitrogens is 2. The predicted molar refractivity (Wildman–Crippen MR) is 133 cm³/mol.